The van der Waals surface area contributed by atoms with Gasteiger partial charge in [0.25, 0.3) is 10.0 Å². The number of nitrogens with one attached hydrogen (secondary N) is 1. The summed E-state index contributed by atoms with van der Waals surface area (Å²) >= 11 is 0. The topological polar surface area (TPSA) is 86.8 Å². The summed E-state index contributed by atoms with van der Waals surface area (Å²) in [5, 5.41) is 2.86. The number of nitrogens with zero attached hydrogens (tertiary/aromatic N) is 2. The van der Waals surface area contributed by atoms with Crippen molar-refractivity contribution in [2.75, 3.05) is 17.4 Å². The van der Waals surface area contributed by atoms with Crippen LogP contribution in [0.2, 0.25) is 0 Å². The van der Waals surface area contributed by atoms with Gasteiger partial charge in [-0.2, -0.15) is 0 Å². The van der Waals surface area contributed by atoms with E-state index in [1.54, 1.807) is 37.3 Å². The molecule has 1 atom stereocenters. The summed E-state index contributed by atoms with van der Waals surface area (Å²) in [5.41, 5.74) is 2.14. The fourth-order valence-electron chi connectivity index (χ4n) is 3.87. The van der Waals surface area contributed by atoms with E-state index < -0.39 is 34.3 Å². The molecule has 0 aromatic heterocycles. The number of amides is 2. The van der Waals surface area contributed by atoms with Gasteiger partial charge in [0.2, 0.25) is 11.8 Å². The lowest BCUT2D eigenvalue weighted by Crippen LogP contribution is -2.51. The van der Waals surface area contributed by atoms with E-state index in [0.717, 1.165) is 40.4 Å². The van der Waals surface area contributed by atoms with Gasteiger partial charge in [0.15, 0.2) is 0 Å². The minimum atomic E-state index is -4.22. The highest BCUT2D eigenvalue weighted by Crippen LogP contribution is 2.24. The van der Waals surface area contributed by atoms with Crippen molar-refractivity contribution in [3.63, 3.8) is 0 Å². The van der Waals surface area contributed by atoms with Crippen LogP contribution in [0.5, 0.6) is 0 Å². The SMILES string of the molecule is CCCCNC(=O)C(C)N(Cc1ccc(C)cc1)C(=O)CN(c1ccccc1)S(=O)(=O)c1ccc(F)cc1. The number of carbonyl (C=O) groups is 2. The Morgan fingerprint density at radius 2 is 1.58 bits per heavy atom. The number of anilines is 1. The Kier molecular flexibility index (Phi) is 10.0. The molecule has 2 amide bonds. The third kappa shape index (κ3) is 7.41. The lowest BCUT2D eigenvalue weighted by atomic mass is 10.1. The largest absolute Gasteiger partial charge is 0.354 e. The molecule has 0 aliphatic rings. The molecule has 0 heterocycles. The van der Waals surface area contributed by atoms with Crippen molar-refractivity contribution in [1.82, 2.24) is 10.2 Å². The maximum absolute atomic E-state index is 13.8. The Balaban J connectivity index is 1.96. The molecule has 0 saturated heterocycles. The van der Waals surface area contributed by atoms with Gasteiger partial charge in [-0.25, -0.2) is 12.8 Å². The highest BCUT2D eigenvalue weighted by Gasteiger charge is 2.32. The monoisotopic (exact) mass is 539 g/mol. The first-order chi connectivity index (χ1) is 18.1. The second kappa shape index (κ2) is 13.2. The third-order valence-corrected chi connectivity index (χ3v) is 7.98. The molecule has 38 heavy (non-hydrogen) atoms. The molecular formula is C29H34FN3O4S. The summed E-state index contributed by atoms with van der Waals surface area (Å²) in [7, 11) is -4.22. The molecule has 3 aromatic carbocycles. The quantitative estimate of drug-likeness (QED) is 0.339. The highest BCUT2D eigenvalue weighted by atomic mass is 32.2. The van der Waals surface area contributed by atoms with Crippen LogP contribution in [0.15, 0.2) is 83.8 Å². The van der Waals surface area contributed by atoms with Crippen molar-refractivity contribution in [2.45, 2.75) is 51.1 Å². The molecule has 0 aliphatic heterocycles. The molecule has 1 unspecified atom stereocenters. The van der Waals surface area contributed by atoms with Crippen molar-refractivity contribution in [2.24, 2.45) is 0 Å². The number of halogens is 1. The summed E-state index contributed by atoms with van der Waals surface area (Å²) in [6, 6.07) is 19.4. The summed E-state index contributed by atoms with van der Waals surface area (Å²) < 4.78 is 41.8. The molecule has 0 spiro atoms. The van der Waals surface area contributed by atoms with E-state index in [0.29, 0.717) is 6.54 Å². The van der Waals surface area contributed by atoms with Crippen LogP contribution in [0.25, 0.3) is 0 Å². The number of rotatable bonds is 12. The molecule has 202 valence electrons. The molecule has 0 saturated carbocycles. The normalized spacial score (nSPS) is 12.0. The predicted octanol–water partition coefficient (Wildman–Crippen LogP) is 4.66. The van der Waals surface area contributed by atoms with Crippen LogP contribution in [0.3, 0.4) is 0 Å². The van der Waals surface area contributed by atoms with Crippen molar-refractivity contribution in [1.29, 1.82) is 0 Å². The van der Waals surface area contributed by atoms with Gasteiger partial charge in [0, 0.05) is 13.1 Å². The Morgan fingerprint density at radius 3 is 2.18 bits per heavy atom. The van der Waals surface area contributed by atoms with Crippen molar-refractivity contribution < 1.29 is 22.4 Å². The number of benzene rings is 3. The van der Waals surface area contributed by atoms with E-state index in [4.69, 9.17) is 0 Å². The molecule has 3 rings (SSSR count). The van der Waals surface area contributed by atoms with Crippen molar-refractivity contribution in [3.8, 4) is 0 Å². The average molecular weight is 540 g/mol. The lowest BCUT2D eigenvalue weighted by Gasteiger charge is -2.32. The van der Waals surface area contributed by atoms with Crippen molar-refractivity contribution in [3.05, 3.63) is 95.8 Å². The zero-order valence-corrected chi connectivity index (χ0v) is 22.7. The van der Waals surface area contributed by atoms with E-state index in [1.165, 1.54) is 17.0 Å². The number of hydrogen-bond donors (Lipinski definition) is 1. The van der Waals surface area contributed by atoms with Gasteiger partial charge in [-0.3, -0.25) is 13.9 Å². The van der Waals surface area contributed by atoms with Gasteiger partial charge < -0.3 is 10.2 Å². The molecule has 9 heteroatoms. The summed E-state index contributed by atoms with van der Waals surface area (Å²) in [6.07, 6.45) is 1.72. The third-order valence-electron chi connectivity index (χ3n) is 6.20. The number of para-hydroxylation sites is 1. The molecule has 0 aliphatic carbocycles. The number of sulfonamides is 1. The second-order valence-corrected chi connectivity index (χ2v) is 11.0. The van der Waals surface area contributed by atoms with Gasteiger partial charge in [-0.15, -0.1) is 0 Å². The fourth-order valence-corrected chi connectivity index (χ4v) is 5.28. The molecule has 0 bridgehead atoms. The first-order valence-electron chi connectivity index (χ1n) is 12.6. The van der Waals surface area contributed by atoms with E-state index in [9.17, 15) is 22.4 Å². The molecular weight excluding hydrogens is 505 g/mol. The smallest absolute Gasteiger partial charge is 0.264 e. The van der Waals surface area contributed by atoms with E-state index in [1.807, 2.05) is 38.1 Å². The molecule has 0 fully saturated rings. The maximum Gasteiger partial charge on any atom is 0.264 e. The van der Waals surface area contributed by atoms with E-state index in [2.05, 4.69) is 5.32 Å². The first kappa shape index (κ1) is 28.8. The Bertz CT molecular complexity index is 1310. The Morgan fingerprint density at radius 1 is 0.947 bits per heavy atom. The molecule has 3 aromatic rings. The van der Waals surface area contributed by atoms with E-state index >= 15 is 0 Å². The number of hydrogen-bond acceptors (Lipinski definition) is 4. The maximum atomic E-state index is 13.8. The van der Waals surface area contributed by atoms with Gasteiger partial charge in [0.1, 0.15) is 18.4 Å². The van der Waals surface area contributed by atoms with Crippen LogP contribution in [0, 0.1) is 12.7 Å². The minimum absolute atomic E-state index is 0.126. The standard InChI is InChI=1S/C29H34FN3O4S/c1-4-5-19-31-29(35)23(3)32(20-24-13-11-22(2)12-14-24)28(34)21-33(26-9-7-6-8-10-26)38(36,37)27-17-15-25(30)16-18-27/h6-18,23H,4-5,19-21H2,1-3H3,(H,31,35). The van der Waals surface area contributed by atoms with Gasteiger partial charge in [0.05, 0.1) is 10.6 Å². The van der Waals surface area contributed by atoms with Gasteiger partial charge in [-0.05, 0) is 62.2 Å². The molecule has 1 N–H and O–H groups in total. The van der Waals surface area contributed by atoms with Crippen LogP contribution >= 0.6 is 0 Å². The second-order valence-electron chi connectivity index (χ2n) is 9.13. The zero-order chi connectivity index (χ0) is 27.7. The van der Waals surface area contributed by atoms with Crippen LogP contribution in [0.1, 0.15) is 37.8 Å². The number of carbonyl (C=O) groups excluding carboxylic acids is 2. The Labute approximate surface area is 224 Å². The predicted molar refractivity (Wildman–Crippen MR) is 146 cm³/mol. The van der Waals surface area contributed by atoms with Gasteiger partial charge in [-0.1, -0.05) is 61.4 Å². The van der Waals surface area contributed by atoms with Crippen LogP contribution in [-0.4, -0.2) is 44.3 Å². The van der Waals surface area contributed by atoms with E-state index in [-0.39, 0.29) is 23.0 Å². The Hall–Kier alpha value is -3.72. The number of aryl methyl sites for hydroxylation is 1. The lowest BCUT2D eigenvalue weighted by molar-refractivity contribution is -0.139. The van der Waals surface area contributed by atoms with Crippen LogP contribution in [0.4, 0.5) is 10.1 Å². The highest BCUT2D eigenvalue weighted by molar-refractivity contribution is 7.92. The first-order valence-corrected chi connectivity index (χ1v) is 14.0. The number of unbranched alkanes of at least 4 members (excludes halogenated alkanes) is 1. The zero-order valence-electron chi connectivity index (χ0n) is 21.9. The minimum Gasteiger partial charge on any atom is -0.354 e. The summed E-state index contributed by atoms with van der Waals surface area (Å²) in [4.78, 5) is 28.0. The molecule has 0 radical (unpaired) electrons. The summed E-state index contributed by atoms with van der Waals surface area (Å²) in [6.45, 7) is 5.68. The summed E-state index contributed by atoms with van der Waals surface area (Å²) in [5.74, 6) is -1.43. The van der Waals surface area contributed by atoms with Crippen molar-refractivity contribution >= 4 is 27.5 Å². The average Bonchev–Trinajstić information content (AvgIpc) is 2.91. The molecule has 7 nitrogen and oxygen atoms in total. The van der Waals surface area contributed by atoms with Gasteiger partial charge >= 0.3 is 0 Å². The van der Waals surface area contributed by atoms with Crippen LogP contribution < -0.4 is 9.62 Å². The fraction of sp³-hybridized carbons (Fsp3) is 0.310. The van der Waals surface area contributed by atoms with Crippen LogP contribution in [-0.2, 0) is 26.2 Å².